The Bertz CT molecular complexity index is 868. The largest absolute Gasteiger partial charge is 0.493 e. The first-order valence-corrected chi connectivity index (χ1v) is 9.75. The zero-order chi connectivity index (χ0) is 21.0. The molecule has 3 rings (SSSR count). The number of methoxy groups -OCH3 is 2. The van der Waals surface area contributed by atoms with Gasteiger partial charge >= 0.3 is 0 Å². The first-order valence-electron chi connectivity index (χ1n) is 9.75. The number of ether oxygens (including phenoxy) is 2. The van der Waals surface area contributed by atoms with E-state index >= 15 is 0 Å². The number of hydrogen-bond donors (Lipinski definition) is 0. The molecule has 0 bridgehead atoms. The van der Waals surface area contributed by atoms with E-state index in [-0.39, 0.29) is 30.2 Å². The van der Waals surface area contributed by atoms with Crippen LogP contribution in [0.4, 0.5) is 0 Å². The monoisotopic (exact) mass is 396 g/mol. The van der Waals surface area contributed by atoms with Gasteiger partial charge in [0.05, 0.1) is 26.2 Å². The van der Waals surface area contributed by atoms with Crippen molar-refractivity contribution < 1.29 is 19.1 Å². The highest BCUT2D eigenvalue weighted by Gasteiger charge is 2.38. The molecule has 0 spiro atoms. The van der Waals surface area contributed by atoms with E-state index in [0.29, 0.717) is 24.6 Å². The van der Waals surface area contributed by atoms with E-state index in [1.54, 1.807) is 31.1 Å². The third kappa shape index (κ3) is 4.36. The summed E-state index contributed by atoms with van der Waals surface area (Å²) in [4.78, 5) is 29.1. The number of amides is 2. The quantitative estimate of drug-likeness (QED) is 0.721. The highest BCUT2D eigenvalue weighted by Crippen LogP contribution is 2.33. The highest BCUT2D eigenvalue weighted by molar-refractivity contribution is 5.89. The maximum absolute atomic E-state index is 13.0. The van der Waals surface area contributed by atoms with E-state index in [4.69, 9.17) is 9.47 Å². The summed E-state index contributed by atoms with van der Waals surface area (Å²) in [7, 11) is 4.93. The van der Waals surface area contributed by atoms with Gasteiger partial charge in [-0.3, -0.25) is 9.59 Å². The predicted octanol–water partition coefficient (Wildman–Crippen LogP) is 3.27. The van der Waals surface area contributed by atoms with Crippen LogP contribution in [-0.4, -0.2) is 49.4 Å². The molecule has 0 radical (unpaired) electrons. The first-order chi connectivity index (χ1) is 14.0. The molecule has 0 saturated carbocycles. The summed E-state index contributed by atoms with van der Waals surface area (Å²) in [5.74, 6) is 0.898. The van der Waals surface area contributed by atoms with Gasteiger partial charge in [0.25, 0.3) is 0 Å². The Morgan fingerprint density at radius 1 is 1.14 bits per heavy atom. The molecule has 1 heterocycles. The van der Waals surface area contributed by atoms with Crippen LogP contribution in [0.3, 0.4) is 0 Å². The van der Waals surface area contributed by atoms with Crippen molar-refractivity contribution in [2.45, 2.75) is 25.9 Å². The fourth-order valence-corrected chi connectivity index (χ4v) is 3.91. The zero-order valence-electron chi connectivity index (χ0n) is 17.4. The molecule has 2 aromatic carbocycles. The van der Waals surface area contributed by atoms with Gasteiger partial charge in [-0.25, -0.2) is 0 Å². The summed E-state index contributed by atoms with van der Waals surface area (Å²) in [6.07, 6.45) is 0.246. The Labute approximate surface area is 172 Å². The third-order valence-electron chi connectivity index (χ3n) is 5.53. The fourth-order valence-electron chi connectivity index (χ4n) is 3.91. The van der Waals surface area contributed by atoms with Gasteiger partial charge in [-0.2, -0.15) is 0 Å². The van der Waals surface area contributed by atoms with Crippen molar-refractivity contribution in [3.8, 4) is 11.5 Å². The molecule has 2 atom stereocenters. The number of benzene rings is 2. The molecule has 0 unspecified atom stereocenters. The Balaban J connectivity index is 1.69. The van der Waals surface area contributed by atoms with Crippen molar-refractivity contribution in [2.75, 3.05) is 27.8 Å². The average molecular weight is 396 g/mol. The Morgan fingerprint density at radius 2 is 1.86 bits per heavy atom. The van der Waals surface area contributed by atoms with Crippen LogP contribution in [0.1, 0.15) is 30.5 Å². The fraction of sp³-hybridized carbons (Fsp3) is 0.391. The molecule has 29 heavy (non-hydrogen) atoms. The van der Waals surface area contributed by atoms with E-state index < -0.39 is 0 Å². The van der Waals surface area contributed by atoms with Crippen LogP contribution in [0, 0.1) is 5.92 Å². The average Bonchev–Trinajstić information content (AvgIpc) is 3.14. The maximum atomic E-state index is 13.0. The van der Waals surface area contributed by atoms with Gasteiger partial charge in [0.1, 0.15) is 0 Å². The van der Waals surface area contributed by atoms with Crippen LogP contribution in [-0.2, 0) is 16.1 Å². The summed E-state index contributed by atoms with van der Waals surface area (Å²) in [5, 5.41) is 0. The predicted molar refractivity (Wildman–Crippen MR) is 111 cm³/mol. The van der Waals surface area contributed by atoms with Gasteiger partial charge in [-0.1, -0.05) is 42.5 Å². The van der Waals surface area contributed by atoms with Crippen LogP contribution in [0.25, 0.3) is 0 Å². The van der Waals surface area contributed by atoms with E-state index in [1.165, 1.54) is 0 Å². The molecule has 1 fully saturated rings. The van der Waals surface area contributed by atoms with Crippen molar-refractivity contribution >= 4 is 11.8 Å². The number of hydrogen-bond acceptors (Lipinski definition) is 4. The number of likely N-dealkylation sites (tertiary alicyclic amines) is 1. The van der Waals surface area contributed by atoms with E-state index in [0.717, 1.165) is 11.1 Å². The van der Waals surface area contributed by atoms with Crippen LogP contribution >= 0.6 is 0 Å². The lowest BCUT2D eigenvalue weighted by Gasteiger charge is -2.26. The lowest BCUT2D eigenvalue weighted by Crippen LogP contribution is -2.35. The summed E-state index contributed by atoms with van der Waals surface area (Å²) in [6.45, 7) is 2.83. The molecule has 2 aromatic rings. The van der Waals surface area contributed by atoms with E-state index in [1.807, 2.05) is 55.5 Å². The minimum absolute atomic E-state index is 0.0204. The Morgan fingerprint density at radius 3 is 2.52 bits per heavy atom. The van der Waals surface area contributed by atoms with E-state index in [2.05, 4.69) is 0 Å². The normalized spacial score (nSPS) is 17.2. The number of carbonyl (C=O) groups is 2. The van der Waals surface area contributed by atoms with E-state index in [9.17, 15) is 9.59 Å². The second kappa shape index (κ2) is 8.99. The lowest BCUT2D eigenvalue weighted by atomic mass is 10.1. The van der Waals surface area contributed by atoms with Crippen molar-refractivity contribution in [3.05, 3.63) is 59.7 Å². The Hall–Kier alpha value is -3.02. The number of para-hydroxylation sites is 1. The lowest BCUT2D eigenvalue weighted by molar-refractivity contribution is -0.135. The van der Waals surface area contributed by atoms with Gasteiger partial charge in [0, 0.05) is 32.1 Å². The van der Waals surface area contributed by atoms with Crippen LogP contribution in [0.15, 0.2) is 48.5 Å². The molecule has 6 nitrogen and oxygen atoms in total. The second-order valence-corrected chi connectivity index (χ2v) is 7.38. The molecule has 1 aliphatic heterocycles. The number of rotatable bonds is 7. The summed E-state index contributed by atoms with van der Waals surface area (Å²) < 4.78 is 10.8. The molecule has 1 saturated heterocycles. The smallest absolute Gasteiger partial charge is 0.228 e. The van der Waals surface area contributed by atoms with Gasteiger partial charge in [-0.15, -0.1) is 0 Å². The van der Waals surface area contributed by atoms with Crippen LogP contribution in [0.5, 0.6) is 11.5 Å². The summed E-state index contributed by atoms with van der Waals surface area (Å²) in [5.41, 5.74) is 1.94. The standard InChI is InChI=1S/C23H28N2O4/c1-16(17-9-6-5-7-10-17)25-15-19(13-21(25)26)23(27)24(2)14-18-11-8-12-20(28-3)22(18)29-4/h5-12,16,19H,13-15H2,1-4H3/t16-,19+/m0/s1. The number of nitrogens with zero attached hydrogens (tertiary/aromatic N) is 2. The zero-order valence-corrected chi connectivity index (χ0v) is 17.4. The summed E-state index contributed by atoms with van der Waals surface area (Å²) in [6, 6.07) is 15.5. The SMILES string of the molecule is COc1cccc(CN(C)C(=O)[C@@H]2CC(=O)N([C@@H](C)c3ccccc3)C2)c1OC. The summed E-state index contributed by atoms with van der Waals surface area (Å²) >= 11 is 0. The molecule has 0 N–H and O–H groups in total. The maximum Gasteiger partial charge on any atom is 0.228 e. The number of carbonyl (C=O) groups excluding carboxylic acids is 2. The Kier molecular flexibility index (Phi) is 6.42. The molecule has 2 amide bonds. The molecule has 154 valence electrons. The minimum Gasteiger partial charge on any atom is -0.493 e. The van der Waals surface area contributed by atoms with Crippen LogP contribution < -0.4 is 9.47 Å². The van der Waals surface area contributed by atoms with Crippen molar-refractivity contribution in [2.24, 2.45) is 5.92 Å². The molecule has 1 aliphatic rings. The highest BCUT2D eigenvalue weighted by atomic mass is 16.5. The molecule has 6 heteroatoms. The molecular weight excluding hydrogens is 368 g/mol. The minimum atomic E-state index is -0.338. The van der Waals surface area contributed by atoms with Crippen molar-refractivity contribution in [1.29, 1.82) is 0 Å². The van der Waals surface area contributed by atoms with Crippen molar-refractivity contribution in [1.82, 2.24) is 9.80 Å². The van der Waals surface area contributed by atoms with Gasteiger partial charge in [0.15, 0.2) is 11.5 Å². The van der Waals surface area contributed by atoms with Gasteiger partial charge < -0.3 is 19.3 Å². The molecule has 0 aliphatic carbocycles. The van der Waals surface area contributed by atoms with Gasteiger partial charge in [-0.05, 0) is 18.6 Å². The third-order valence-corrected chi connectivity index (χ3v) is 5.53. The second-order valence-electron chi connectivity index (χ2n) is 7.38. The first kappa shape index (κ1) is 20.7. The topological polar surface area (TPSA) is 59.1 Å². The van der Waals surface area contributed by atoms with Gasteiger partial charge in [0.2, 0.25) is 11.8 Å². The van der Waals surface area contributed by atoms with Crippen LogP contribution in [0.2, 0.25) is 0 Å². The molecule has 0 aromatic heterocycles. The van der Waals surface area contributed by atoms with Crippen molar-refractivity contribution in [3.63, 3.8) is 0 Å². The molecular formula is C23H28N2O4.